The minimum atomic E-state index is -4.38. The van der Waals surface area contributed by atoms with Gasteiger partial charge < -0.3 is 24.9 Å². The van der Waals surface area contributed by atoms with E-state index in [2.05, 4.69) is 16.0 Å². The predicted octanol–water partition coefficient (Wildman–Crippen LogP) is 4.33. The topological polar surface area (TPSA) is 126 Å². The number of ether oxygens (including phenoxy) is 1. The fraction of sp³-hybridized carbons (Fsp3) is 1.00. The van der Waals surface area contributed by atoms with Gasteiger partial charge in [-0.2, -0.15) is 0 Å². The van der Waals surface area contributed by atoms with Crippen LogP contribution in [0.15, 0.2) is 0 Å². The maximum atomic E-state index is 11.5. The smallest absolute Gasteiger partial charge is 0.394 e. The summed E-state index contributed by atoms with van der Waals surface area (Å²) < 4.78 is 26.0. The summed E-state index contributed by atoms with van der Waals surface area (Å²) in [5, 5.41) is 27.4. The molecular weight excluding hydrogens is 423 g/mol. The van der Waals surface area contributed by atoms with E-state index in [1.807, 2.05) is 0 Å². The highest BCUT2D eigenvalue weighted by Gasteiger charge is 2.24. The van der Waals surface area contributed by atoms with Gasteiger partial charge in [0.1, 0.15) is 12.2 Å². The van der Waals surface area contributed by atoms with E-state index in [1.54, 1.807) is 0 Å². The van der Waals surface area contributed by atoms with Crippen LogP contribution in [-0.2, 0) is 18.3 Å². The van der Waals surface area contributed by atoms with Crippen LogP contribution in [0.3, 0.4) is 0 Å². The molecule has 188 valence electrons. The van der Waals surface area contributed by atoms with Gasteiger partial charge in [0, 0.05) is 6.61 Å². The number of rotatable bonds is 24. The number of hydrogen-bond donors (Lipinski definition) is 4. The van der Waals surface area contributed by atoms with Crippen LogP contribution in [0.25, 0.3) is 0 Å². The SMILES string of the molecule is CCCCCCCCCCCCCCCCOC[C@@H](O)COP(=O)(O)OC[C@H](O)CO. The van der Waals surface area contributed by atoms with E-state index in [4.69, 9.17) is 14.9 Å². The fourth-order valence-corrected chi connectivity index (χ4v) is 3.91. The highest BCUT2D eigenvalue weighted by atomic mass is 31.2. The molecule has 0 rings (SSSR count). The molecule has 0 fully saturated rings. The Morgan fingerprint density at radius 3 is 1.55 bits per heavy atom. The first-order valence-electron chi connectivity index (χ1n) is 12.1. The lowest BCUT2D eigenvalue weighted by atomic mass is 10.0. The van der Waals surface area contributed by atoms with Crippen molar-refractivity contribution in [3.63, 3.8) is 0 Å². The molecule has 8 nitrogen and oxygen atoms in total. The average molecular weight is 471 g/mol. The molecule has 0 aromatic heterocycles. The molecule has 3 atom stereocenters. The van der Waals surface area contributed by atoms with Gasteiger partial charge in [0.25, 0.3) is 0 Å². The van der Waals surface area contributed by atoms with E-state index in [-0.39, 0.29) is 6.61 Å². The van der Waals surface area contributed by atoms with Crippen LogP contribution in [0.4, 0.5) is 0 Å². The van der Waals surface area contributed by atoms with E-state index in [0.717, 1.165) is 12.8 Å². The Balaban J connectivity index is 3.37. The van der Waals surface area contributed by atoms with Gasteiger partial charge in [-0.25, -0.2) is 4.57 Å². The standard InChI is InChI=1S/C22H47O8P/c1-2-3-4-5-6-7-8-9-10-11-12-13-14-15-16-28-18-22(25)20-30-31(26,27)29-19-21(24)17-23/h21-25H,2-20H2,1H3,(H,26,27)/t21-,22-/m1/s1. The van der Waals surface area contributed by atoms with Gasteiger partial charge in [-0.15, -0.1) is 0 Å². The molecule has 0 heterocycles. The molecule has 0 saturated heterocycles. The molecule has 0 amide bonds. The van der Waals surface area contributed by atoms with Crippen LogP contribution >= 0.6 is 7.82 Å². The van der Waals surface area contributed by atoms with Crippen LogP contribution < -0.4 is 0 Å². The molecule has 0 aliphatic rings. The molecule has 0 aliphatic heterocycles. The lowest BCUT2D eigenvalue weighted by Gasteiger charge is -2.16. The Morgan fingerprint density at radius 2 is 1.10 bits per heavy atom. The normalized spacial score (nSPS) is 15.6. The average Bonchev–Trinajstić information content (AvgIpc) is 2.76. The Bertz CT molecular complexity index is 424. The Hall–Kier alpha value is -0.0500. The summed E-state index contributed by atoms with van der Waals surface area (Å²) in [6.07, 6.45) is 15.8. The zero-order chi connectivity index (χ0) is 23.2. The minimum absolute atomic E-state index is 0.0116. The third-order valence-electron chi connectivity index (χ3n) is 5.02. The first-order valence-corrected chi connectivity index (χ1v) is 13.6. The van der Waals surface area contributed by atoms with Crippen LogP contribution in [0.5, 0.6) is 0 Å². The van der Waals surface area contributed by atoms with Gasteiger partial charge in [0.2, 0.25) is 0 Å². The monoisotopic (exact) mass is 470 g/mol. The van der Waals surface area contributed by atoms with Crippen molar-refractivity contribution in [2.75, 3.05) is 33.0 Å². The molecule has 0 bridgehead atoms. The molecule has 31 heavy (non-hydrogen) atoms. The van der Waals surface area contributed by atoms with Crippen molar-refractivity contribution in [1.29, 1.82) is 0 Å². The summed E-state index contributed by atoms with van der Waals surface area (Å²) in [5.74, 6) is 0. The maximum absolute atomic E-state index is 11.5. The molecule has 9 heteroatoms. The van der Waals surface area contributed by atoms with Crippen molar-refractivity contribution in [1.82, 2.24) is 0 Å². The van der Waals surface area contributed by atoms with Gasteiger partial charge >= 0.3 is 7.82 Å². The van der Waals surface area contributed by atoms with E-state index in [0.29, 0.717) is 6.61 Å². The summed E-state index contributed by atoms with van der Waals surface area (Å²) in [7, 11) is -4.38. The number of hydrogen-bond acceptors (Lipinski definition) is 7. The predicted molar refractivity (Wildman–Crippen MR) is 122 cm³/mol. The Labute approximate surface area is 188 Å². The maximum Gasteiger partial charge on any atom is 0.472 e. The lowest BCUT2D eigenvalue weighted by molar-refractivity contribution is -0.00437. The second kappa shape index (κ2) is 21.8. The summed E-state index contributed by atoms with van der Waals surface area (Å²) >= 11 is 0. The molecule has 0 spiro atoms. The summed E-state index contributed by atoms with van der Waals surface area (Å²) in [6, 6.07) is 0. The number of aliphatic hydroxyl groups is 3. The van der Waals surface area contributed by atoms with Gasteiger partial charge in [0.05, 0.1) is 26.4 Å². The summed E-state index contributed by atoms with van der Waals surface area (Å²) in [6.45, 7) is 1.26. The third-order valence-corrected chi connectivity index (χ3v) is 5.97. The van der Waals surface area contributed by atoms with Crippen molar-refractivity contribution < 1.29 is 38.6 Å². The van der Waals surface area contributed by atoms with Crippen LogP contribution in [0, 0.1) is 0 Å². The van der Waals surface area contributed by atoms with Gasteiger partial charge in [-0.1, -0.05) is 90.4 Å². The molecule has 0 aromatic carbocycles. The highest BCUT2D eigenvalue weighted by Crippen LogP contribution is 2.43. The van der Waals surface area contributed by atoms with Crippen molar-refractivity contribution in [3.8, 4) is 0 Å². The van der Waals surface area contributed by atoms with Crippen LogP contribution in [-0.4, -0.2) is 65.5 Å². The second-order valence-electron chi connectivity index (χ2n) is 8.22. The van der Waals surface area contributed by atoms with Gasteiger partial charge in [-0.3, -0.25) is 9.05 Å². The van der Waals surface area contributed by atoms with E-state index in [9.17, 15) is 14.6 Å². The van der Waals surface area contributed by atoms with Gasteiger partial charge in [0.15, 0.2) is 0 Å². The fourth-order valence-electron chi connectivity index (χ4n) is 3.12. The van der Waals surface area contributed by atoms with Crippen molar-refractivity contribution >= 4 is 7.82 Å². The van der Waals surface area contributed by atoms with Crippen LogP contribution in [0.2, 0.25) is 0 Å². The summed E-state index contributed by atoms with van der Waals surface area (Å²) in [5.41, 5.74) is 0. The lowest BCUT2D eigenvalue weighted by Crippen LogP contribution is -2.23. The second-order valence-corrected chi connectivity index (χ2v) is 9.67. The van der Waals surface area contributed by atoms with E-state index in [1.165, 1.54) is 77.0 Å². The summed E-state index contributed by atoms with van der Waals surface area (Å²) in [4.78, 5) is 9.39. The molecular formula is C22H47O8P. The molecule has 0 saturated carbocycles. The molecule has 0 radical (unpaired) electrons. The Kier molecular flexibility index (Phi) is 21.7. The quantitative estimate of drug-likeness (QED) is 0.121. The zero-order valence-electron chi connectivity index (χ0n) is 19.5. The molecule has 0 aromatic rings. The third kappa shape index (κ3) is 22.9. The highest BCUT2D eigenvalue weighted by molar-refractivity contribution is 7.47. The van der Waals surface area contributed by atoms with Crippen molar-refractivity contribution in [2.24, 2.45) is 0 Å². The number of phosphoric ester groups is 1. The van der Waals surface area contributed by atoms with E-state index >= 15 is 0 Å². The minimum Gasteiger partial charge on any atom is -0.394 e. The van der Waals surface area contributed by atoms with Crippen molar-refractivity contribution in [3.05, 3.63) is 0 Å². The zero-order valence-corrected chi connectivity index (χ0v) is 20.4. The van der Waals surface area contributed by atoms with Crippen LogP contribution in [0.1, 0.15) is 96.8 Å². The first kappa shape index (κ1) is 30.9. The Morgan fingerprint density at radius 1 is 0.677 bits per heavy atom. The van der Waals surface area contributed by atoms with Gasteiger partial charge in [-0.05, 0) is 6.42 Å². The van der Waals surface area contributed by atoms with E-state index < -0.39 is 39.9 Å². The molecule has 4 N–H and O–H groups in total. The largest absolute Gasteiger partial charge is 0.472 e. The number of phosphoric acid groups is 1. The first-order chi connectivity index (χ1) is 14.9. The molecule has 1 unspecified atom stereocenters. The van der Waals surface area contributed by atoms with Crippen molar-refractivity contribution in [2.45, 2.75) is 109 Å². The molecule has 0 aliphatic carbocycles. The number of aliphatic hydroxyl groups excluding tert-OH is 3. The number of unbranched alkanes of at least 4 members (excludes halogenated alkanes) is 13.